The third-order valence-corrected chi connectivity index (χ3v) is 3.64. The zero-order valence-electron chi connectivity index (χ0n) is 11.4. The largest absolute Gasteiger partial charge is 0.417 e. The van der Waals surface area contributed by atoms with Crippen molar-refractivity contribution < 1.29 is 17.9 Å². The lowest BCUT2D eigenvalue weighted by Crippen LogP contribution is -2.38. The Kier molecular flexibility index (Phi) is 5.29. The van der Waals surface area contributed by atoms with Crippen molar-refractivity contribution in [3.63, 3.8) is 0 Å². The Morgan fingerprint density at radius 1 is 1.38 bits per heavy atom. The standard InChI is InChI=1S/C13H17ClF3N3O/c14-11-7-9(13(15,16)17)8-19-12(11)20-4-1-10(2-5-20)21-6-3-18/h7-8,10H,1-6,18H2. The van der Waals surface area contributed by atoms with Gasteiger partial charge in [-0.2, -0.15) is 13.2 Å². The minimum absolute atomic E-state index is 0.0196. The molecule has 1 fully saturated rings. The third kappa shape index (κ3) is 4.21. The van der Waals surface area contributed by atoms with Gasteiger partial charge < -0.3 is 15.4 Å². The highest BCUT2D eigenvalue weighted by molar-refractivity contribution is 6.33. The molecule has 0 radical (unpaired) electrons. The number of alkyl halides is 3. The van der Waals surface area contributed by atoms with Gasteiger partial charge in [0.15, 0.2) is 0 Å². The second-order valence-electron chi connectivity index (χ2n) is 4.87. The second kappa shape index (κ2) is 6.81. The monoisotopic (exact) mass is 323 g/mol. The van der Waals surface area contributed by atoms with Gasteiger partial charge in [-0.1, -0.05) is 11.6 Å². The predicted octanol–water partition coefficient (Wildman–Crippen LogP) is 2.70. The summed E-state index contributed by atoms with van der Waals surface area (Å²) in [5, 5.41) is 0.0196. The van der Waals surface area contributed by atoms with Gasteiger partial charge >= 0.3 is 6.18 Å². The van der Waals surface area contributed by atoms with Crippen molar-refractivity contribution in [2.45, 2.75) is 25.1 Å². The summed E-state index contributed by atoms with van der Waals surface area (Å²) in [5.41, 5.74) is 4.54. The van der Waals surface area contributed by atoms with Gasteiger partial charge in [0.1, 0.15) is 5.82 Å². The Morgan fingerprint density at radius 3 is 2.57 bits per heavy atom. The van der Waals surface area contributed by atoms with Crippen LogP contribution >= 0.6 is 11.6 Å². The topological polar surface area (TPSA) is 51.4 Å². The first-order chi connectivity index (χ1) is 9.91. The summed E-state index contributed by atoms with van der Waals surface area (Å²) in [4.78, 5) is 5.75. The van der Waals surface area contributed by atoms with Gasteiger partial charge in [-0.15, -0.1) is 0 Å². The molecule has 0 spiro atoms. The number of nitrogens with two attached hydrogens (primary N) is 1. The number of pyridine rings is 1. The van der Waals surface area contributed by atoms with E-state index in [1.807, 2.05) is 4.90 Å². The van der Waals surface area contributed by atoms with Gasteiger partial charge in [0.25, 0.3) is 0 Å². The summed E-state index contributed by atoms with van der Waals surface area (Å²) in [6.07, 6.45) is -1.92. The summed E-state index contributed by atoms with van der Waals surface area (Å²) >= 11 is 5.94. The summed E-state index contributed by atoms with van der Waals surface area (Å²) in [6.45, 7) is 2.29. The molecule has 0 amide bonds. The Hall–Kier alpha value is -1.05. The average molecular weight is 324 g/mol. The van der Waals surface area contributed by atoms with E-state index in [0.717, 1.165) is 25.1 Å². The van der Waals surface area contributed by atoms with Crippen LogP contribution in [0.1, 0.15) is 18.4 Å². The fourth-order valence-electron chi connectivity index (χ4n) is 2.29. The number of halogens is 4. The van der Waals surface area contributed by atoms with Crippen LogP contribution in [0, 0.1) is 0 Å². The van der Waals surface area contributed by atoms with Crippen molar-refractivity contribution in [3.05, 3.63) is 22.8 Å². The number of rotatable bonds is 4. The lowest BCUT2D eigenvalue weighted by Gasteiger charge is -2.33. The summed E-state index contributed by atoms with van der Waals surface area (Å²) < 4.78 is 43.3. The number of anilines is 1. The summed E-state index contributed by atoms with van der Waals surface area (Å²) in [7, 11) is 0. The zero-order chi connectivity index (χ0) is 15.5. The van der Waals surface area contributed by atoms with E-state index in [-0.39, 0.29) is 11.1 Å². The number of ether oxygens (including phenoxy) is 1. The molecule has 2 rings (SSSR count). The molecule has 8 heteroatoms. The van der Waals surface area contributed by atoms with E-state index >= 15 is 0 Å². The molecule has 0 unspecified atom stereocenters. The maximum atomic E-state index is 12.6. The fourth-order valence-corrected chi connectivity index (χ4v) is 2.57. The molecule has 1 aromatic rings. The van der Waals surface area contributed by atoms with Crippen LogP contribution in [0.25, 0.3) is 0 Å². The second-order valence-corrected chi connectivity index (χ2v) is 5.28. The van der Waals surface area contributed by atoms with E-state index in [1.54, 1.807) is 0 Å². The van der Waals surface area contributed by atoms with E-state index in [4.69, 9.17) is 22.1 Å². The fraction of sp³-hybridized carbons (Fsp3) is 0.615. The van der Waals surface area contributed by atoms with Crippen LogP contribution in [-0.4, -0.2) is 37.3 Å². The number of piperidine rings is 1. The molecule has 2 heterocycles. The molecule has 0 aliphatic carbocycles. The SMILES string of the molecule is NCCOC1CCN(c2ncc(C(F)(F)F)cc2Cl)CC1. The van der Waals surface area contributed by atoms with Crippen LogP contribution in [0.5, 0.6) is 0 Å². The van der Waals surface area contributed by atoms with Crippen LogP contribution in [0.15, 0.2) is 12.3 Å². The van der Waals surface area contributed by atoms with Crippen LogP contribution in [0.3, 0.4) is 0 Å². The maximum Gasteiger partial charge on any atom is 0.417 e. The van der Waals surface area contributed by atoms with Gasteiger partial charge in [-0.3, -0.25) is 0 Å². The van der Waals surface area contributed by atoms with Gasteiger partial charge in [0, 0.05) is 25.8 Å². The van der Waals surface area contributed by atoms with Crippen molar-refractivity contribution >= 4 is 17.4 Å². The van der Waals surface area contributed by atoms with Crippen molar-refractivity contribution in [2.24, 2.45) is 5.73 Å². The molecule has 1 saturated heterocycles. The maximum absolute atomic E-state index is 12.6. The molecule has 118 valence electrons. The van der Waals surface area contributed by atoms with E-state index in [1.165, 1.54) is 0 Å². The lowest BCUT2D eigenvalue weighted by atomic mass is 10.1. The molecule has 0 bridgehead atoms. The lowest BCUT2D eigenvalue weighted by molar-refractivity contribution is -0.137. The molecule has 1 aromatic heterocycles. The third-order valence-electron chi connectivity index (χ3n) is 3.36. The molecule has 0 atom stereocenters. The smallest absolute Gasteiger partial charge is 0.377 e. The molecule has 2 N–H and O–H groups in total. The highest BCUT2D eigenvalue weighted by Crippen LogP contribution is 2.34. The molecule has 0 aromatic carbocycles. The molecular formula is C13H17ClF3N3O. The van der Waals surface area contributed by atoms with Crippen LogP contribution < -0.4 is 10.6 Å². The number of hydrogen-bond donors (Lipinski definition) is 1. The van der Waals surface area contributed by atoms with E-state index in [0.29, 0.717) is 32.1 Å². The van der Waals surface area contributed by atoms with E-state index in [9.17, 15) is 13.2 Å². The van der Waals surface area contributed by atoms with E-state index in [2.05, 4.69) is 4.98 Å². The molecule has 0 saturated carbocycles. The first kappa shape index (κ1) is 16.3. The first-order valence-electron chi connectivity index (χ1n) is 6.71. The number of aromatic nitrogens is 1. The van der Waals surface area contributed by atoms with Crippen LogP contribution in [0.2, 0.25) is 5.02 Å². The van der Waals surface area contributed by atoms with Crippen molar-refractivity contribution in [3.8, 4) is 0 Å². The van der Waals surface area contributed by atoms with Gasteiger partial charge in [-0.05, 0) is 18.9 Å². The van der Waals surface area contributed by atoms with Gasteiger partial charge in [0.05, 0.1) is 23.3 Å². The molecule has 1 aliphatic heterocycles. The highest BCUT2D eigenvalue weighted by atomic mass is 35.5. The van der Waals surface area contributed by atoms with Crippen molar-refractivity contribution in [1.29, 1.82) is 0 Å². The quantitative estimate of drug-likeness (QED) is 0.925. The van der Waals surface area contributed by atoms with Gasteiger partial charge in [-0.25, -0.2) is 4.98 Å². The Bertz CT molecular complexity index is 476. The molecule has 1 aliphatic rings. The Labute approximate surface area is 126 Å². The molecule has 4 nitrogen and oxygen atoms in total. The molecule has 21 heavy (non-hydrogen) atoms. The molecular weight excluding hydrogens is 307 g/mol. The minimum atomic E-state index is -4.43. The summed E-state index contributed by atoms with van der Waals surface area (Å²) in [6, 6.07) is 0.918. The highest BCUT2D eigenvalue weighted by Gasteiger charge is 2.32. The predicted molar refractivity (Wildman–Crippen MR) is 74.5 cm³/mol. The minimum Gasteiger partial charge on any atom is -0.377 e. The average Bonchev–Trinajstić information content (AvgIpc) is 2.45. The van der Waals surface area contributed by atoms with Crippen molar-refractivity contribution in [1.82, 2.24) is 4.98 Å². The van der Waals surface area contributed by atoms with Crippen molar-refractivity contribution in [2.75, 3.05) is 31.1 Å². The zero-order valence-corrected chi connectivity index (χ0v) is 12.1. The normalized spacial score (nSPS) is 17.3. The Morgan fingerprint density at radius 2 is 2.05 bits per heavy atom. The Balaban J connectivity index is 2.00. The van der Waals surface area contributed by atoms with E-state index < -0.39 is 11.7 Å². The first-order valence-corrected chi connectivity index (χ1v) is 7.09. The number of nitrogens with zero attached hydrogens (tertiary/aromatic N) is 2. The number of hydrogen-bond acceptors (Lipinski definition) is 4. The van der Waals surface area contributed by atoms with Crippen LogP contribution in [0.4, 0.5) is 19.0 Å². The van der Waals surface area contributed by atoms with Gasteiger partial charge in [0.2, 0.25) is 0 Å². The summed E-state index contributed by atoms with van der Waals surface area (Å²) in [5.74, 6) is 0.391. The van der Waals surface area contributed by atoms with Crippen LogP contribution in [-0.2, 0) is 10.9 Å².